The van der Waals surface area contributed by atoms with E-state index in [9.17, 15) is 13.6 Å². The lowest BCUT2D eigenvalue weighted by Crippen LogP contribution is -3.04. The van der Waals surface area contributed by atoms with Crippen LogP contribution >= 0.6 is 0 Å². The fourth-order valence-electron chi connectivity index (χ4n) is 3.88. The Labute approximate surface area is 186 Å². The third-order valence-electron chi connectivity index (χ3n) is 5.58. The van der Waals surface area contributed by atoms with E-state index in [-0.39, 0.29) is 10.6 Å². The SMILES string of the molecule is Cc1ccc(S(=O)(=O)[NH+]([O-])c2cccc3ccc(-c4cccc5ccccc45)nc23)cc1. The molecule has 1 atom stereocenters. The van der Waals surface area contributed by atoms with Crippen LogP contribution in [0.4, 0.5) is 5.69 Å². The third kappa shape index (κ3) is 3.44. The summed E-state index contributed by atoms with van der Waals surface area (Å²) in [6.45, 7) is 1.86. The van der Waals surface area contributed by atoms with Crippen LogP contribution in [-0.2, 0) is 10.0 Å². The van der Waals surface area contributed by atoms with E-state index in [0.29, 0.717) is 16.6 Å². The van der Waals surface area contributed by atoms with Gasteiger partial charge in [0.1, 0.15) is 10.4 Å². The maximum atomic E-state index is 13.2. The second-order valence-electron chi connectivity index (χ2n) is 7.70. The van der Waals surface area contributed by atoms with Crippen molar-refractivity contribution in [2.24, 2.45) is 0 Å². The molecule has 32 heavy (non-hydrogen) atoms. The molecule has 0 bridgehead atoms. The van der Waals surface area contributed by atoms with E-state index in [4.69, 9.17) is 4.98 Å². The van der Waals surface area contributed by atoms with Crippen LogP contribution in [-0.4, -0.2) is 13.4 Å². The standard InChI is InChI=1S/C26H20N2O3S/c1-18-12-15-21(16-13-18)32(30,31)28(29)25-11-5-8-20-14-17-24(27-26(20)25)23-10-4-7-19-6-2-3-9-22(19)23/h2-17,28H,1H3. The molecule has 0 spiro atoms. The van der Waals surface area contributed by atoms with Crippen LogP contribution in [0.2, 0.25) is 0 Å². The first-order valence-electron chi connectivity index (χ1n) is 10.2. The number of aromatic nitrogens is 1. The summed E-state index contributed by atoms with van der Waals surface area (Å²) in [5.41, 5.74) is 2.97. The lowest BCUT2D eigenvalue weighted by molar-refractivity contribution is -0.623. The largest absolute Gasteiger partial charge is 0.612 e. The molecule has 0 saturated carbocycles. The Balaban J connectivity index is 1.67. The molecule has 0 aliphatic rings. The van der Waals surface area contributed by atoms with E-state index in [1.165, 1.54) is 18.2 Å². The molecule has 1 heterocycles. The second kappa shape index (κ2) is 7.84. The molecule has 0 fully saturated rings. The summed E-state index contributed by atoms with van der Waals surface area (Å²) >= 11 is 0. The molecule has 5 rings (SSSR count). The number of fused-ring (bicyclic) bond motifs is 2. The highest BCUT2D eigenvalue weighted by Crippen LogP contribution is 2.30. The highest BCUT2D eigenvalue weighted by molar-refractivity contribution is 7.85. The van der Waals surface area contributed by atoms with Crippen molar-refractivity contribution < 1.29 is 12.9 Å². The van der Waals surface area contributed by atoms with E-state index >= 15 is 0 Å². The Morgan fingerprint density at radius 3 is 2.25 bits per heavy atom. The first kappa shape index (κ1) is 20.3. The summed E-state index contributed by atoms with van der Waals surface area (Å²) in [6.07, 6.45) is 0. The molecule has 1 N–H and O–H groups in total. The van der Waals surface area contributed by atoms with Crippen LogP contribution in [0, 0.1) is 12.1 Å². The van der Waals surface area contributed by atoms with Gasteiger partial charge in [0.05, 0.1) is 5.69 Å². The Bertz CT molecular complexity index is 1560. The maximum Gasteiger partial charge on any atom is 0.330 e. The average molecular weight is 441 g/mol. The summed E-state index contributed by atoms with van der Waals surface area (Å²) in [5.74, 6) is 0. The number of nitrogens with zero attached hydrogens (tertiary/aromatic N) is 1. The van der Waals surface area contributed by atoms with Gasteiger partial charge in [-0.1, -0.05) is 78.4 Å². The van der Waals surface area contributed by atoms with Gasteiger partial charge in [-0.25, -0.2) is 9.45 Å². The van der Waals surface area contributed by atoms with Gasteiger partial charge in [-0.2, -0.15) is 8.42 Å². The van der Waals surface area contributed by atoms with E-state index in [2.05, 4.69) is 0 Å². The number of para-hydroxylation sites is 1. The number of nitrogens with one attached hydrogen (secondary N) is 1. The number of pyridine rings is 1. The smallest absolute Gasteiger partial charge is 0.330 e. The predicted octanol–water partition coefficient (Wildman–Crippen LogP) is 4.77. The van der Waals surface area contributed by atoms with Crippen molar-refractivity contribution in [3.8, 4) is 11.3 Å². The van der Waals surface area contributed by atoms with Crippen LogP contribution in [0.25, 0.3) is 32.9 Å². The summed E-state index contributed by atoms with van der Waals surface area (Å²) in [6, 6.07) is 29.0. The molecule has 158 valence electrons. The Kier molecular flexibility index (Phi) is 4.98. The number of aryl methyl sites for hydroxylation is 1. The van der Waals surface area contributed by atoms with Crippen molar-refractivity contribution in [1.29, 1.82) is 0 Å². The minimum Gasteiger partial charge on any atom is -0.612 e. The number of hydrogen-bond donors (Lipinski definition) is 1. The van der Waals surface area contributed by atoms with Gasteiger partial charge in [0.2, 0.25) is 0 Å². The summed E-state index contributed by atoms with van der Waals surface area (Å²) in [7, 11) is -4.19. The quantitative estimate of drug-likeness (QED) is 0.409. The van der Waals surface area contributed by atoms with Gasteiger partial charge in [0.25, 0.3) is 0 Å². The zero-order chi connectivity index (χ0) is 22.3. The highest BCUT2D eigenvalue weighted by Gasteiger charge is 2.26. The van der Waals surface area contributed by atoms with Crippen molar-refractivity contribution in [1.82, 2.24) is 4.98 Å². The topological polar surface area (TPSA) is 74.5 Å². The number of benzene rings is 4. The van der Waals surface area contributed by atoms with E-state index in [1.54, 1.807) is 18.2 Å². The highest BCUT2D eigenvalue weighted by atomic mass is 32.2. The first-order valence-corrected chi connectivity index (χ1v) is 11.7. The summed E-state index contributed by atoms with van der Waals surface area (Å²) in [5, 5.41) is 16.0. The molecule has 1 unspecified atom stereocenters. The van der Waals surface area contributed by atoms with Crippen molar-refractivity contribution in [2.75, 3.05) is 0 Å². The van der Waals surface area contributed by atoms with Gasteiger partial charge in [-0.15, -0.1) is 0 Å². The number of sulfonamides is 1. The molecule has 1 aromatic heterocycles. The zero-order valence-electron chi connectivity index (χ0n) is 17.3. The van der Waals surface area contributed by atoms with E-state index < -0.39 is 14.5 Å². The normalized spacial score (nSPS) is 12.8. The maximum absolute atomic E-state index is 13.2. The fraction of sp³-hybridized carbons (Fsp3) is 0.0385. The molecule has 0 saturated heterocycles. The first-order chi connectivity index (χ1) is 15.4. The zero-order valence-corrected chi connectivity index (χ0v) is 18.1. The van der Waals surface area contributed by atoms with Crippen LogP contribution in [0.3, 0.4) is 0 Å². The summed E-state index contributed by atoms with van der Waals surface area (Å²) < 4.78 is 25.1. The van der Waals surface area contributed by atoms with Gasteiger partial charge in [0.15, 0.2) is 5.69 Å². The van der Waals surface area contributed by atoms with E-state index in [1.807, 2.05) is 67.6 Å². The summed E-state index contributed by atoms with van der Waals surface area (Å²) in [4.78, 5) is 4.73. The Hall–Kier alpha value is -3.58. The molecule has 0 aliphatic heterocycles. The average Bonchev–Trinajstić information content (AvgIpc) is 2.83. The van der Waals surface area contributed by atoms with Crippen molar-refractivity contribution in [2.45, 2.75) is 11.8 Å². The molecule has 5 aromatic rings. The van der Waals surface area contributed by atoms with Gasteiger partial charge < -0.3 is 5.21 Å². The lowest BCUT2D eigenvalue weighted by Gasteiger charge is -2.22. The van der Waals surface area contributed by atoms with Gasteiger partial charge >= 0.3 is 10.0 Å². The molecule has 0 radical (unpaired) electrons. The van der Waals surface area contributed by atoms with Crippen LogP contribution in [0.1, 0.15) is 5.56 Å². The number of hydrogen-bond acceptors (Lipinski definition) is 4. The number of rotatable bonds is 4. The number of quaternary nitrogens is 1. The predicted molar refractivity (Wildman–Crippen MR) is 127 cm³/mol. The molecule has 6 heteroatoms. The molecular weight excluding hydrogens is 420 g/mol. The van der Waals surface area contributed by atoms with Gasteiger partial charge in [-0.3, -0.25) is 0 Å². The van der Waals surface area contributed by atoms with Crippen molar-refractivity contribution in [3.63, 3.8) is 0 Å². The molecule has 0 aliphatic carbocycles. The van der Waals surface area contributed by atoms with Gasteiger partial charge in [0, 0.05) is 17.0 Å². The fourth-order valence-corrected chi connectivity index (χ4v) is 5.04. The van der Waals surface area contributed by atoms with E-state index in [0.717, 1.165) is 21.9 Å². The van der Waals surface area contributed by atoms with Gasteiger partial charge in [-0.05, 0) is 35.9 Å². The Morgan fingerprint density at radius 1 is 0.750 bits per heavy atom. The monoisotopic (exact) mass is 440 g/mol. The minimum atomic E-state index is -4.19. The van der Waals surface area contributed by atoms with Crippen molar-refractivity contribution >= 4 is 37.4 Å². The molecule has 0 amide bonds. The second-order valence-corrected chi connectivity index (χ2v) is 9.55. The van der Waals surface area contributed by atoms with Crippen LogP contribution in [0.5, 0.6) is 0 Å². The minimum absolute atomic E-state index is 0.0182. The van der Waals surface area contributed by atoms with Crippen molar-refractivity contribution in [3.05, 3.63) is 108 Å². The third-order valence-corrected chi connectivity index (χ3v) is 7.18. The Morgan fingerprint density at radius 2 is 1.44 bits per heavy atom. The van der Waals surface area contributed by atoms with Crippen LogP contribution < -0.4 is 4.47 Å². The lowest BCUT2D eigenvalue weighted by atomic mass is 10.0. The molecule has 5 nitrogen and oxygen atoms in total. The molecule has 4 aromatic carbocycles. The van der Waals surface area contributed by atoms with Crippen LogP contribution in [0.15, 0.2) is 102 Å². The molecular formula is C26H20N2O3S.